The van der Waals surface area contributed by atoms with E-state index < -0.39 is 11.8 Å². The molecule has 2 amide bonds. The summed E-state index contributed by atoms with van der Waals surface area (Å²) in [5.41, 5.74) is 2.37. The molecule has 10 heavy (non-hydrogen) atoms. The minimum absolute atomic E-state index is 0.0284. The van der Waals surface area contributed by atoms with Crippen LogP contribution in [0.3, 0.4) is 0 Å². The van der Waals surface area contributed by atoms with E-state index in [1.165, 1.54) is 7.05 Å². The molecular formula is C5H5BN2O2. The lowest BCUT2D eigenvalue weighted by Gasteiger charge is -2.10. The molecule has 0 bridgehead atoms. The highest BCUT2D eigenvalue weighted by Gasteiger charge is 2.26. The Labute approximate surface area is 59.3 Å². The summed E-state index contributed by atoms with van der Waals surface area (Å²) in [5, 5.41) is 0.843. The summed E-state index contributed by atoms with van der Waals surface area (Å²) in [6, 6.07) is 0. The Hall–Kier alpha value is -1.10. The molecule has 0 aromatic rings. The van der Waals surface area contributed by atoms with Crippen molar-refractivity contribution in [3.8, 4) is 0 Å². The van der Waals surface area contributed by atoms with Gasteiger partial charge in [-0.05, 0) is 5.47 Å². The molecule has 5 heteroatoms. The van der Waals surface area contributed by atoms with Gasteiger partial charge >= 0.3 is 0 Å². The minimum Gasteiger partial charge on any atom is -0.268 e. The molecule has 0 spiro atoms. The van der Waals surface area contributed by atoms with E-state index in [1.54, 1.807) is 0 Å². The summed E-state index contributed by atoms with van der Waals surface area (Å²) in [4.78, 5) is 21.5. The molecule has 0 unspecified atom stereocenters. The van der Waals surface area contributed by atoms with Crippen molar-refractivity contribution < 1.29 is 9.59 Å². The van der Waals surface area contributed by atoms with Gasteiger partial charge in [-0.3, -0.25) is 9.59 Å². The first-order valence-corrected chi connectivity index (χ1v) is 2.70. The molecule has 2 radical (unpaired) electrons. The third-order valence-corrected chi connectivity index (χ3v) is 1.17. The Bertz CT molecular complexity index is 224. The Balaban J connectivity index is 2.87. The Morgan fingerprint density at radius 1 is 1.60 bits per heavy atom. The summed E-state index contributed by atoms with van der Waals surface area (Å²) in [5.74, 6) is -0.919. The van der Waals surface area contributed by atoms with Gasteiger partial charge in [0, 0.05) is 13.1 Å². The molecule has 50 valence electrons. The largest absolute Gasteiger partial charge is 0.268 e. The van der Waals surface area contributed by atoms with Crippen LogP contribution in [0.15, 0.2) is 11.5 Å². The average molecular weight is 136 g/mol. The van der Waals surface area contributed by atoms with Crippen LogP contribution in [0.2, 0.25) is 0 Å². The van der Waals surface area contributed by atoms with Gasteiger partial charge in [-0.25, -0.2) is 10.4 Å². The number of hydrogen-bond acceptors (Lipinski definition) is 3. The second kappa shape index (κ2) is 2.26. The van der Waals surface area contributed by atoms with Crippen molar-refractivity contribution in [2.24, 2.45) is 0 Å². The van der Waals surface area contributed by atoms with Gasteiger partial charge in [0.25, 0.3) is 11.8 Å². The highest BCUT2D eigenvalue weighted by Crippen LogP contribution is 2.05. The fraction of sp³-hybridized carbons (Fsp3) is 0.200. The first-order chi connectivity index (χ1) is 4.66. The predicted molar refractivity (Wildman–Crippen MR) is 34.7 cm³/mol. The molecule has 4 nitrogen and oxygen atoms in total. The van der Waals surface area contributed by atoms with Crippen LogP contribution >= 0.6 is 0 Å². The van der Waals surface area contributed by atoms with Crippen LogP contribution in [0, 0.1) is 0 Å². The Kier molecular flexibility index (Phi) is 1.59. The maximum atomic E-state index is 10.8. The Morgan fingerprint density at radius 2 is 2.20 bits per heavy atom. The lowest BCUT2D eigenvalue weighted by atomic mass is 9.97. The number of imide groups is 1. The van der Waals surface area contributed by atoms with Gasteiger partial charge < -0.3 is 0 Å². The van der Waals surface area contributed by atoms with Crippen molar-refractivity contribution in [2.75, 3.05) is 7.05 Å². The fourth-order valence-electron chi connectivity index (χ4n) is 0.700. The first-order valence-electron chi connectivity index (χ1n) is 2.70. The highest BCUT2D eigenvalue weighted by atomic mass is 16.2. The van der Waals surface area contributed by atoms with Gasteiger partial charge in [0.1, 0.15) is 7.85 Å². The number of amides is 2. The zero-order valence-corrected chi connectivity index (χ0v) is 5.42. The van der Waals surface area contributed by atoms with Crippen LogP contribution in [0.25, 0.3) is 0 Å². The maximum absolute atomic E-state index is 10.8. The SMILES string of the molecule is [B]C1=CC(=O)N(NC)C1=O. The second-order valence-corrected chi connectivity index (χ2v) is 1.80. The molecule has 0 atom stereocenters. The van der Waals surface area contributed by atoms with Gasteiger partial charge in [0.05, 0.1) is 0 Å². The van der Waals surface area contributed by atoms with E-state index in [1.807, 2.05) is 0 Å². The third kappa shape index (κ3) is 0.842. The molecule has 1 aliphatic rings. The number of carbonyl (C=O) groups is 2. The molecule has 0 saturated heterocycles. The van der Waals surface area contributed by atoms with E-state index in [2.05, 4.69) is 5.43 Å². The number of carbonyl (C=O) groups excluding carboxylic acids is 2. The van der Waals surface area contributed by atoms with Gasteiger partial charge in [-0.1, -0.05) is 0 Å². The van der Waals surface area contributed by atoms with Crippen molar-refractivity contribution in [3.63, 3.8) is 0 Å². The summed E-state index contributed by atoms with van der Waals surface area (Å²) in [7, 11) is 6.62. The summed E-state index contributed by atoms with van der Waals surface area (Å²) < 4.78 is 0. The number of nitrogens with one attached hydrogen (secondary N) is 1. The van der Waals surface area contributed by atoms with E-state index in [-0.39, 0.29) is 5.47 Å². The molecule has 1 aliphatic heterocycles. The zero-order valence-electron chi connectivity index (χ0n) is 5.42. The molecule has 0 aromatic heterocycles. The van der Waals surface area contributed by atoms with Gasteiger partial charge in [0.15, 0.2) is 0 Å². The molecular weight excluding hydrogens is 131 g/mol. The summed E-state index contributed by atoms with van der Waals surface area (Å²) in [6.45, 7) is 0. The van der Waals surface area contributed by atoms with Crippen molar-refractivity contribution in [3.05, 3.63) is 11.5 Å². The number of nitrogens with zero attached hydrogens (tertiary/aromatic N) is 1. The summed E-state index contributed by atoms with van der Waals surface area (Å²) >= 11 is 0. The van der Waals surface area contributed by atoms with Crippen LogP contribution in [0.1, 0.15) is 0 Å². The second-order valence-electron chi connectivity index (χ2n) is 1.80. The van der Waals surface area contributed by atoms with E-state index in [0.29, 0.717) is 0 Å². The number of rotatable bonds is 1. The van der Waals surface area contributed by atoms with E-state index >= 15 is 0 Å². The average Bonchev–Trinajstić information content (AvgIpc) is 2.09. The highest BCUT2D eigenvalue weighted by molar-refractivity contribution is 6.42. The smallest absolute Gasteiger partial charge is 0.267 e. The van der Waals surface area contributed by atoms with Crippen LogP contribution in [-0.2, 0) is 9.59 Å². The van der Waals surface area contributed by atoms with Crippen molar-refractivity contribution in [2.45, 2.75) is 0 Å². The van der Waals surface area contributed by atoms with E-state index in [4.69, 9.17) is 7.85 Å². The van der Waals surface area contributed by atoms with Crippen LogP contribution in [-0.4, -0.2) is 31.7 Å². The summed E-state index contributed by atoms with van der Waals surface area (Å²) in [6.07, 6.45) is 1.08. The van der Waals surface area contributed by atoms with Crippen molar-refractivity contribution in [1.82, 2.24) is 10.4 Å². The van der Waals surface area contributed by atoms with Gasteiger partial charge in [-0.15, -0.1) is 0 Å². The zero-order chi connectivity index (χ0) is 7.72. The van der Waals surface area contributed by atoms with Crippen molar-refractivity contribution >= 4 is 19.7 Å². The molecule has 0 aliphatic carbocycles. The maximum Gasteiger partial charge on any atom is 0.267 e. The van der Waals surface area contributed by atoms with Crippen LogP contribution in [0.5, 0.6) is 0 Å². The lowest BCUT2D eigenvalue weighted by molar-refractivity contribution is -0.140. The quantitative estimate of drug-likeness (QED) is 0.354. The molecule has 1 N–H and O–H groups in total. The molecule has 0 fully saturated rings. The van der Waals surface area contributed by atoms with Crippen LogP contribution in [0.4, 0.5) is 0 Å². The number of hydrazine groups is 1. The molecule has 0 saturated carbocycles. The standard InChI is InChI=1S/C5H5BN2O2/c1-7-8-4(9)2-3(6)5(8)10/h2,7H,1H3. The monoisotopic (exact) mass is 136 g/mol. The topological polar surface area (TPSA) is 49.4 Å². The van der Waals surface area contributed by atoms with E-state index in [0.717, 1.165) is 11.1 Å². The molecule has 0 aromatic carbocycles. The first kappa shape index (κ1) is 7.02. The molecule has 1 heterocycles. The normalized spacial score (nSPS) is 18.1. The van der Waals surface area contributed by atoms with Crippen molar-refractivity contribution in [1.29, 1.82) is 0 Å². The van der Waals surface area contributed by atoms with Gasteiger partial charge in [0.2, 0.25) is 0 Å². The van der Waals surface area contributed by atoms with Gasteiger partial charge in [-0.2, -0.15) is 0 Å². The van der Waals surface area contributed by atoms with E-state index in [9.17, 15) is 9.59 Å². The molecule has 1 rings (SSSR count). The number of hydrogen-bond donors (Lipinski definition) is 1. The fourth-order valence-corrected chi connectivity index (χ4v) is 0.700. The lowest BCUT2D eigenvalue weighted by Crippen LogP contribution is -2.40. The third-order valence-electron chi connectivity index (χ3n) is 1.17. The van der Waals surface area contributed by atoms with Crippen LogP contribution < -0.4 is 5.43 Å². The minimum atomic E-state index is -0.493. The predicted octanol–water partition coefficient (Wildman–Crippen LogP) is -1.46. The Morgan fingerprint density at radius 3 is 2.40 bits per heavy atom.